The summed E-state index contributed by atoms with van der Waals surface area (Å²) in [6.07, 6.45) is 2.64. The van der Waals surface area contributed by atoms with E-state index in [9.17, 15) is 0 Å². The Morgan fingerprint density at radius 1 is 0.875 bits per heavy atom. The molecule has 0 aromatic carbocycles. The van der Waals surface area contributed by atoms with E-state index in [2.05, 4.69) is 55.4 Å². The summed E-state index contributed by atoms with van der Waals surface area (Å²) < 4.78 is 11.6. The average Bonchev–Trinajstić information content (AvgIpc) is 2.37. The summed E-state index contributed by atoms with van der Waals surface area (Å²) in [6, 6.07) is 0. The lowest BCUT2D eigenvalue weighted by molar-refractivity contribution is 0.00578. The SMILES string of the molecule is CC(C)B1OC(C)(C)C(C)(C)O1.CCCC. The van der Waals surface area contributed by atoms with Crippen LogP contribution in [0.3, 0.4) is 0 Å². The summed E-state index contributed by atoms with van der Waals surface area (Å²) in [5, 5.41) is 0. The number of unbranched alkanes of at least 4 members (excludes halogenated alkanes) is 1. The molecule has 1 heterocycles. The summed E-state index contributed by atoms with van der Waals surface area (Å²) in [4.78, 5) is 0. The van der Waals surface area contributed by atoms with Gasteiger partial charge in [0.1, 0.15) is 0 Å². The first-order valence-electron chi connectivity index (χ1n) is 6.53. The number of hydrogen-bond donors (Lipinski definition) is 0. The van der Waals surface area contributed by atoms with Crippen molar-refractivity contribution in [2.24, 2.45) is 0 Å². The molecule has 0 aromatic heterocycles. The Balaban J connectivity index is 0.000000487. The van der Waals surface area contributed by atoms with Gasteiger partial charge in [0.05, 0.1) is 11.2 Å². The monoisotopic (exact) mass is 228 g/mol. The molecule has 0 atom stereocenters. The smallest absolute Gasteiger partial charge is 0.403 e. The molecule has 0 aliphatic carbocycles. The lowest BCUT2D eigenvalue weighted by atomic mass is 9.75. The molecule has 1 fully saturated rings. The van der Waals surface area contributed by atoms with Gasteiger partial charge in [-0.3, -0.25) is 0 Å². The largest absolute Gasteiger partial charge is 0.460 e. The fourth-order valence-corrected chi connectivity index (χ4v) is 1.16. The maximum absolute atomic E-state index is 5.80. The molecule has 0 N–H and O–H groups in total. The maximum Gasteiger partial charge on any atom is 0.460 e. The van der Waals surface area contributed by atoms with Gasteiger partial charge >= 0.3 is 7.12 Å². The minimum absolute atomic E-state index is 0.0463. The standard InChI is InChI=1S/C9H19BO2.C4H10/c1-7(2)10-11-8(3,4)9(5,6)12-10;1-3-4-2/h7H,1-6H3;3-4H2,1-2H3. The van der Waals surface area contributed by atoms with E-state index in [1.165, 1.54) is 12.8 Å². The van der Waals surface area contributed by atoms with Crippen molar-refractivity contribution in [3.05, 3.63) is 0 Å². The molecule has 0 unspecified atom stereocenters. The van der Waals surface area contributed by atoms with Gasteiger partial charge in [-0.2, -0.15) is 0 Å². The molecule has 0 amide bonds. The minimum Gasteiger partial charge on any atom is -0.403 e. The minimum atomic E-state index is -0.179. The molecule has 1 rings (SSSR count). The number of rotatable bonds is 2. The highest BCUT2D eigenvalue weighted by atomic mass is 16.7. The normalized spacial score (nSPS) is 21.9. The van der Waals surface area contributed by atoms with Crippen molar-refractivity contribution in [2.45, 2.75) is 85.3 Å². The molecule has 3 heteroatoms. The van der Waals surface area contributed by atoms with Crippen LogP contribution in [-0.4, -0.2) is 18.3 Å². The van der Waals surface area contributed by atoms with Crippen molar-refractivity contribution in [3.8, 4) is 0 Å². The van der Waals surface area contributed by atoms with Crippen molar-refractivity contribution in [3.63, 3.8) is 0 Å². The zero-order valence-electron chi connectivity index (χ0n) is 12.4. The van der Waals surface area contributed by atoms with E-state index in [-0.39, 0.29) is 18.3 Å². The third kappa shape index (κ3) is 4.10. The predicted octanol–water partition coefficient (Wildman–Crippen LogP) is 4.30. The van der Waals surface area contributed by atoms with Crippen molar-refractivity contribution in [1.82, 2.24) is 0 Å². The van der Waals surface area contributed by atoms with Crippen LogP contribution in [0, 0.1) is 0 Å². The van der Waals surface area contributed by atoms with Crippen molar-refractivity contribution >= 4 is 7.12 Å². The summed E-state index contributed by atoms with van der Waals surface area (Å²) in [7, 11) is -0.0463. The molecular formula is C13H29BO2. The van der Waals surface area contributed by atoms with Gasteiger partial charge in [-0.1, -0.05) is 40.5 Å². The molecule has 0 aromatic rings. The Labute approximate surface area is 102 Å². The zero-order valence-corrected chi connectivity index (χ0v) is 12.4. The van der Waals surface area contributed by atoms with Gasteiger partial charge in [0.2, 0.25) is 0 Å². The Kier molecular flexibility index (Phi) is 6.06. The third-order valence-electron chi connectivity index (χ3n) is 3.32. The van der Waals surface area contributed by atoms with E-state index in [0.29, 0.717) is 5.82 Å². The molecule has 0 radical (unpaired) electrons. The molecule has 96 valence electrons. The van der Waals surface area contributed by atoms with Crippen molar-refractivity contribution in [2.75, 3.05) is 0 Å². The van der Waals surface area contributed by atoms with Gasteiger partial charge in [0, 0.05) is 0 Å². The first kappa shape index (κ1) is 16.0. The van der Waals surface area contributed by atoms with E-state index >= 15 is 0 Å². The van der Waals surface area contributed by atoms with E-state index in [4.69, 9.17) is 9.31 Å². The molecule has 0 saturated carbocycles. The van der Waals surface area contributed by atoms with Crippen LogP contribution < -0.4 is 0 Å². The Morgan fingerprint density at radius 2 is 1.19 bits per heavy atom. The van der Waals surface area contributed by atoms with Gasteiger partial charge in [-0.05, 0) is 33.5 Å². The van der Waals surface area contributed by atoms with Gasteiger partial charge < -0.3 is 9.31 Å². The molecular weight excluding hydrogens is 199 g/mol. The van der Waals surface area contributed by atoms with Crippen LogP contribution in [-0.2, 0) is 9.31 Å². The first-order chi connectivity index (χ1) is 7.18. The first-order valence-corrected chi connectivity index (χ1v) is 6.53. The quantitative estimate of drug-likeness (QED) is 0.656. The third-order valence-corrected chi connectivity index (χ3v) is 3.32. The second-order valence-corrected chi connectivity index (χ2v) is 5.87. The maximum atomic E-state index is 5.80. The Morgan fingerprint density at radius 3 is 1.31 bits per heavy atom. The summed E-state index contributed by atoms with van der Waals surface area (Å²) in [5.41, 5.74) is -0.357. The second-order valence-electron chi connectivity index (χ2n) is 5.87. The van der Waals surface area contributed by atoms with E-state index < -0.39 is 0 Å². The second kappa shape index (κ2) is 6.06. The number of hydrogen-bond acceptors (Lipinski definition) is 2. The van der Waals surface area contributed by atoms with Crippen LogP contribution in [0.2, 0.25) is 5.82 Å². The average molecular weight is 228 g/mol. The molecule has 1 saturated heterocycles. The molecule has 16 heavy (non-hydrogen) atoms. The summed E-state index contributed by atoms with van der Waals surface area (Å²) in [5.74, 6) is 0.422. The van der Waals surface area contributed by atoms with Crippen LogP contribution in [0.4, 0.5) is 0 Å². The highest BCUT2D eigenvalue weighted by Gasteiger charge is 2.51. The van der Waals surface area contributed by atoms with Crippen LogP contribution in [0.15, 0.2) is 0 Å². The van der Waals surface area contributed by atoms with Gasteiger partial charge in [0.15, 0.2) is 0 Å². The Hall–Kier alpha value is -0.0151. The molecule has 1 aliphatic heterocycles. The lowest BCUT2D eigenvalue weighted by Gasteiger charge is -2.32. The molecule has 0 spiro atoms. The molecule has 2 nitrogen and oxygen atoms in total. The topological polar surface area (TPSA) is 18.5 Å². The van der Waals surface area contributed by atoms with Gasteiger partial charge in [-0.25, -0.2) is 0 Å². The fourth-order valence-electron chi connectivity index (χ4n) is 1.16. The van der Waals surface area contributed by atoms with Gasteiger partial charge in [-0.15, -0.1) is 0 Å². The van der Waals surface area contributed by atoms with Crippen LogP contribution >= 0.6 is 0 Å². The Bertz CT molecular complexity index is 182. The van der Waals surface area contributed by atoms with Gasteiger partial charge in [0.25, 0.3) is 0 Å². The van der Waals surface area contributed by atoms with Crippen LogP contribution in [0.25, 0.3) is 0 Å². The van der Waals surface area contributed by atoms with Crippen LogP contribution in [0.5, 0.6) is 0 Å². The molecule has 1 aliphatic rings. The fraction of sp³-hybridized carbons (Fsp3) is 1.00. The van der Waals surface area contributed by atoms with E-state index in [1.807, 2.05) is 0 Å². The zero-order chi connectivity index (χ0) is 13.0. The molecule has 0 bridgehead atoms. The van der Waals surface area contributed by atoms with Crippen LogP contribution in [0.1, 0.15) is 68.2 Å². The lowest BCUT2D eigenvalue weighted by Crippen LogP contribution is -2.41. The van der Waals surface area contributed by atoms with Crippen molar-refractivity contribution in [1.29, 1.82) is 0 Å². The highest BCUT2D eigenvalue weighted by Crippen LogP contribution is 2.39. The summed E-state index contributed by atoms with van der Waals surface area (Å²) >= 11 is 0. The highest BCUT2D eigenvalue weighted by molar-refractivity contribution is 6.47. The summed E-state index contributed by atoms with van der Waals surface area (Å²) in [6.45, 7) is 16.9. The van der Waals surface area contributed by atoms with E-state index in [1.54, 1.807) is 0 Å². The van der Waals surface area contributed by atoms with E-state index in [0.717, 1.165) is 0 Å². The van der Waals surface area contributed by atoms with Crippen molar-refractivity contribution < 1.29 is 9.31 Å². The predicted molar refractivity (Wildman–Crippen MR) is 71.8 cm³/mol.